The highest BCUT2D eigenvalue weighted by atomic mass is 32.2. The number of rotatable bonds is 14. The highest BCUT2D eigenvalue weighted by molar-refractivity contribution is 7.89. The molecule has 0 fully saturated rings. The number of amides is 2. The molecule has 0 bridgehead atoms. The van der Waals surface area contributed by atoms with Crippen LogP contribution < -0.4 is 20.7 Å². The first-order chi connectivity index (χ1) is 18.7. The number of carboxylic acid groups (broad SMARTS) is 2. The summed E-state index contributed by atoms with van der Waals surface area (Å²) in [6.45, 7) is -0.168. The fourth-order valence-electron chi connectivity index (χ4n) is 2.67. The van der Waals surface area contributed by atoms with Crippen LogP contribution in [0.15, 0.2) is 59.6 Å². The summed E-state index contributed by atoms with van der Waals surface area (Å²) in [5.74, 6) is -4.40. The number of carbonyl (C=O) groups excluding carboxylic acids is 2. The van der Waals surface area contributed by atoms with E-state index in [2.05, 4.69) is 20.9 Å². The van der Waals surface area contributed by atoms with Crippen molar-refractivity contribution in [1.29, 1.82) is 0 Å². The van der Waals surface area contributed by atoms with Crippen molar-refractivity contribution in [1.82, 2.24) is 20.3 Å². The number of aliphatic carboxylic acids is 2. The highest BCUT2D eigenvalue weighted by Crippen LogP contribution is 2.13. The van der Waals surface area contributed by atoms with E-state index in [9.17, 15) is 41.1 Å². The first kappa shape index (κ1) is 33.8. The number of carbonyl (C=O) groups is 4. The molecule has 6 N–H and O–H groups in total. The first-order valence-electron chi connectivity index (χ1n) is 11.5. The molecule has 0 radical (unpaired) electrons. The third kappa shape index (κ3) is 14.1. The van der Waals surface area contributed by atoms with Crippen molar-refractivity contribution < 1.29 is 51.0 Å². The zero-order valence-corrected chi connectivity index (χ0v) is 21.7. The molecule has 0 saturated carbocycles. The number of nitrogens with one attached hydrogen (secondary N) is 4. The monoisotopic (exact) mass is 591 g/mol. The summed E-state index contributed by atoms with van der Waals surface area (Å²) in [4.78, 5) is 48.1. The molecular weight excluding hydrogens is 563 g/mol. The van der Waals surface area contributed by atoms with Crippen molar-refractivity contribution in [2.75, 3.05) is 25.0 Å². The van der Waals surface area contributed by atoms with E-state index in [-0.39, 0.29) is 23.8 Å². The Bertz CT molecular complexity index is 1220. The van der Waals surface area contributed by atoms with Crippen LogP contribution in [-0.4, -0.2) is 79.2 Å². The SMILES string of the molecule is O=C(CCCCNc1ccccn1)NCC(=O)NC[C@H](NS(=O)(=O)c1ccccc1)C(=O)O.O=C(O)C(F)(F)F. The normalized spacial score (nSPS) is 11.8. The average molecular weight is 592 g/mol. The van der Waals surface area contributed by atoms with Crippen LogP contribution in [0.3, 0.4) is 0 Å². The quantitative estimate of drug-likeness (QED) is 0.172. The molecule has 1 heterocycles. The lowest BCUT2D eigenvalue weighted by Crippen LogP contribution is -2.49. The van der Waals surface area contributed by atoms with E-state index in [0.29, 0.717) is 13.0 Å². The highest BCUT2D eigenvalue weighted by Gasteiger charge is 2.38. The third-order valence-electron chi connectivity index (χ3n) is 4.64. The van der Waals surface area contributed by atoms with Crippen LogP contribution >= 0.6 is 0 Å². The van der Waals surface area contributed by atoms with Crippen LogP contribution in [-0.2, 0) is 29.2 Å². The molecule has 0 aliphatic rings. The van der Waals surface area contributed by atoms with Gasteiger partial charge in [-0.3, -0.25) is 14.4 Å². The molecule has 1 atom stereocenters. The number of aromatic nitrogens is 1. The summed E-state index contributed by atoms with van der Waals surface area (Å²) < 4.78 is 58.3. The van der Waals surface area contributed by atoms with Gasteiger partial charge in [-0.25, -0.2) is 18.2 Å². The van der Waals surface area contributed by atoms with Crippen molar-refractivity contribution in [2.24, 2.45) is 0 Å². The standard InChI is InChI=1S/C21H27N5O6S.C2HF3O2/c27-19(11-5-7-13-23-18-10-4-6-12-22-18)25-15-20(28)24-14-17(21(29)30)26-33(31,32)16-8-2-1-3-9-16;3-2(4,5)1(6)7/h1-4,6,8-10,12,17,26H,5,7,11,13-15H2,(H,22,23)(H,24,28)(H,25,27)(H,29,30);(H,6,7)/t17-;/m0./s1. The second-order valence-electron chi connectivity index (χ2n) is 7.81. The number of hydrogen-bond donors (Lipinski definition) is 6. The summed E-state index contributed by atoms with van der Waals surface area (Å²) >= 11 is 0. The number of carboxylic acids is 2. The molecule has 2 amide bonds. The van der Waals surface area contributed by atoms with Crippen LogP contribution in [0.1, 0.15) is 19.3 Å². The topological polar surface area (TPSA) is 204 Å². The lowest BCUT2D eigenvalue weighted by atomic mass is 10.2. The maximum atomic E-state index is 12.3. The zero-order valence-electron chi connectivity index (χ0n) is 20.8. The lowest BCUT2D eigenvalue weighted by Gasteiger charge is -2.16. The Kier molecular flexibility index (Phi) is 14.1. The van der Waals surface area contributed by atoms with E-state index >= 15 is 0 Å². The number of anilines is 1. The van der Waals surface area contributed by atoms with E-state index in [0.717, 1.165) is 12.2 Å². The second kappa shape index (κ2) is 16.7. The van der Waals surface area contributed by atoms with Gasteiger partial charge in [-0.15, -0.1) is 0 Å². The molecule has 220 valence electrons. The zero-order chi connectivity index (χ0) is 30.2. The number of unbranched alkanes of at least 4 members (excludes halogenated alkanes) is 1. The maximum Gasteiger partial charge on any atom is 0.490 e. The summed E-state index contributed by atoms with van der Waals surface area (Å²) in [6.07, 6.45) is -1.84. The molecule has 0 saturated heterocycles. The fourth-order valence-corrected chi connectivity index (χ4v) is 3.88. The Morgan fingerprint density at radius 2 is 1.52 bits per heavy atom. The smallest absolute Gasteiger partial charge is 0.480 e. The predicted octanol–water partition coefficient (Wildman–Crippen LogP) is 0.961. The summed E-state index contributed by atoms with van der Waals surface area (Å²) in [6, 6.07) is 11.2. The third-order valence-corrected chi connectivity index (χ3v) is 6.13. The lowest BCUT2D eigenvalue weighted by molar-refractivity contribution is -0.192. The van der Waals surface area contributed by atoms with E-state index < -0.39 is 46.6 Å². The number of halogens is 3. The van der Waals surface area contributed by atoms with Gasteiger partial charge in [0.25, 0.3) is 0 Å². The molecule has 13 nitrogen and oxygen atoms in total. The molecule has 1 aromatic carbocycles. The number of alkyl halides is 3. The number of hydrogen-bond acceptors (Lipinski definition) is 8. The number of benzene rings is 1. The number of sulfonamides is 1. The van der Waals surface area contributed by atoms with Crippen molar-refractivity contribution in [3.8, 4) is 0 Å². The Labute approximate surface area is 227 Å². The number of nitrogens with zero attached hydrogens (tertiary/aromatic N) is 1. The van der Waals surface area contributed by atoms with Gasteiger partial charge in [0, 0.05) is 25.7 Å². The molecule has 0 aliphatic carbocycles. The van der Waals surface area contributed by atoms with Crippen LogP contribution in [0.4, 0.5) is 19.0 Å². The molecule has 1 aromatic heterocycles. The average Bonchev–Trinajstić information content (AvgIpc) is 2.90. The largest absolute Gasteiger partial charge is 0.490 e. The second-order valence-corrected chi connectivity index (χ2v) is 9.52. The van der Waals surface area contributed by atoms with E-state index in [1.54, 1.807) is 12.3 Å². The molecule has 0 spiro atoms. The van der Waals surface area contributed by atoms with Gasteiger partial charge in [0.2, 0.25) is 21.8 Å². The van der Waals surface area contributed by atoms with Gasteiger partial charge in [0.15, 0.2) is 0 Å². The van der Waals surface area contributed by atoms with E-state index in [1.807, 2.05) is 22.9 Å². The minimum atomic E-state index is -5.08. The van der Waals surface area contributed by atoms with Crippen molar-refractivity contribution >= 4 is 39.6 Å². The van der Waals surface area contributed by atoms with Gasteiger partial charge in [-0.2, -0.15) is 17.9 Å². The van der Waals surface area contributed by atoms with E-state index in [4.69, 9.17) is 9.90 Å². The van der Waals surface area contributed by atoms with Crippen molar-refractivity contribution in [3.05, 3.63) is 54.7 Å². The summed E-state index contributed by atoms with van der Waals surface area (Å²) in [5.41, 5.74) is 0. The maximum absolute atomic E-state index is 12.3. The molecule has 2 rings (SSSR count). The van der Waals surface area contributed by atoms with Gasteiger partial charge in [-0.05, 0) is 37.1 Å². The minimum Gasteiger partial charge on any atom is -0.480 e. The van der Waals surface area contributed by atoms with Crippen LogP contribution in [0.5, 0.6) is 0 Å². The Balaban J connectivity index is 0.00000101. The molecule has 40 heavy (non-hydrogen) atoms. The Morgan fingerprint density at radius 3 is 2.08 bits per heavy atom. The molecule has 2 aromatic rings. The van der Waals surface area contributed by atoms with Gasteiger partial charge >= 0.3 is 18.1 Å². The van der Waals surface area contributed by atoms with Crippen LogP contribution in [0, 0.1) is 0 Å². The Hall–Kier alpha value is -4.25. The summed E-state index contributed by atoms with van der Waals surface area (Å²) in [7, 11) is -4.07. The van der Waals surface area contributed by atoms with E-state index in [1.165, 1.54) is 24.3 Å². The van der Waals surface area contributed by atoms with Gasteiger partial charge < -0.3 is 26.2 Å². The van der Waals surface area contributed by atoms with Gasteiger partial charge in [-0.1, -0.05) is 24.3 Å². The fraction of sp³-hybridized carbons (Fsp3) is 0.348. The van der Waals surface area contributed by atoms with Gasteiger partial charge in [0.1, 0.15) is 11.9 Å². The predicted molar refractivity (Wildman–Crippen MR) is 134 cm³/mol. The Morgan fingerprint density at radius 1 is 0.900 bits per heavy atom. The minimum absolute atomic E-state index is 0.0925. The van der Waals surface area contributed by atoms with Crippen LogP contribution in [0.2, 0.25) is 0 Å². The molecular formula is C23H28F3N5O8S. The first-order valence-corrected chi connectivity index (χ1v) is 13.0. The number of pyridine rings is 1. The molecule has 0 unspecified atom stereocenters. The van der Waals surface area contributed by atoms with Gasteiger partial charge in [0.05, 0.1) is 11.4 Å². The molecule has 0 aliphatic heterocycles. The summed E-state index contributed by atoms with van der Waals surface area (Å²) in [5, 5.41) is 24.3. The van der Waals surface area contributed by atoms with Crippen molar-refractivity contribution in [2.45, 2.75) is 36.4 Å². The van der Waals surface area contributed by atoms with Crippen molar-refractivity contribution in [3.63, 3.8) is 0 Å². The van der Waals surface area contributed by atoms with Crippen LogP contribution in [0.25, 0.3) is 0 Å². The molecule has 17 heteroatoms.